The average Bonchev–Trinajstić information content (AvgIpc) is 2.50. The molecule has 0 saturated heterocycles. The molecule has 0 aliphatic rings. The molecule has 0 saturated carbocycles. The van der Waals surface area contributed by atoms with Gasteiger partial charge in [0.05, 0.1) is 5.54 Å². The lowest BCUT2D eigenvalue weighted by Gasteiger charge is -2.34. The zero-order valence-electron chi connectivity index (χ0n) is 13.4. The van der Waals surface area contributed by atoms with Gasteiger partial charge in [-0.2, -0.15) is 0 Å². The van der Waals surface area contributed by atoms with Crippen molar-refractivity contribution in [1.82, 2.24) is 20.4 Å². The van der Waals surface area contributed by atoms with E-state index >= 15 is 0 Å². The van der Waals surface area contributed by atoms with E-state index < -0.39 is 17.4 Å². The molecule has 0 atom stereocenters. The molecule has 0 bridgehead atoms. The van der Waals surface area contributed by atoms with Crippen molar-refractivity contribution in [3.63, 3.8) is 0 Å². The highest BCUT2D eigenvalue weighted by molar-refractivity contribution is 6.31. The molecular formula is C16H16Cl2N4O2. The molecule has 126 valence electrons. The number of nitrogens with one attached hydrogen (secondary N) is 1. The van der Waals surface area contributed by atoms with Crippen LogP contribution in [-0.2, 0) is 0 Å². The minimum absolute atomic E-state index is 0.108. The van der Waals surface area contributed by atoms with E-state index in [1.165, 1.54) is 23.3 Å². The summed E-state index contributed by atoms with van der Waals surface area (Å²) in [5.41, 5.74) is 2.20. The molecular weight excluding hydrogens is 351 g/mol. The smallest absolute Gasteiger partial charge is 0.267 e. The number of nitrogens with zero attached hydrogens (tertiary/aromatic N) is 3. The summed E-state index contributed by atoms with van der Waals surface area (Å²) in [5, 5.41) is 1.74. The van der Waals surface area contributed by atoms with Crippen LogP contribution in [0.3, 0.4) is 0 Å². The van der Waals surface area contributed by atoms with Crippen LogP contribution in [0, 0.1) is 0 Å². The molecule has 24 heavy (non-hydrogen) atoms. The highest BCUT2D eigenvalue weighted by Gasteiger charge is 2.31. The van der Waals surface area contributed by atoms with E-state index in [9.17, 15) is 9.59 Å². The lowest BCUT2D eigenvalue weighted by atomic mass is 10.1. The summed E-state index contributed by atoms with van der Waals surface area (Å²) in [6, 6.07) is 7.89. The number of hydrazine groups is 1. The Morgan fingerprint density at radius 3 is 2.46 bits per heavy atom. The summed E-state index contributed by atoms with van der Waals surface area (Å²) in [7, 11) is 0. The van der Waals surface area contributed by atoms with E-state index in [1.807, 2.05) is 0 Å². The number of rotatable bonds is 2. The topological polar surface area (TPSA) is 75.2 Å². The Kier molecular flexibility index (Phi) is 5.41. The third-order valence-corrected chi connectivity index (χ3v) is 3.43. The fraction of sp³-hybridized carbons (Fsp3) is 0.250. The second-order valence-electron chi connectivity index (χ2n) is 5.97. The Balaban J connectivity index is 2.29. The normalized spacial score (nSPS) is 11.0. The van der Waals surface area contributed by atoms with Gasteiger partial charge in [-0.3, -0.25) is 15.0 Å². The van der Waals surface area contributed by atoms with E-state index in [0.29, 0.717) is 10.6 Å². The van der Waals surface area contributed by atoms with E-state index in [-0.39, 0.29) is 11.0 Å². The molecule has 0 fully saturated rings. The summed E-state index contributed by atoms with van der Waals surface area (Å²) in [6.07, 6.45) is 1.38. The molecule has 1 N–H and O–H groups in total. The Labute approximate surface area is 149 Å². The molecule has 0 radical (unpaired) electrons. The summed E-state index contributed by atoms with van der Waals surface area (Å²) in [6.45, 7) is 5.31. The van der Waals surface area contributed by atoms with E-state index in [0.717, 1.165) is 0 Å². The molecule has 6 nitrogen and oxygen atoms in total. The lowest BCUT2D eigenvalue weighted by Crippen LogP contribution is -2.56. The van der Waals surface area contributed by atoms with Crippen LogP contribution in [0.2, 0.25) is 10.2 Å². The van der Waals surface area contributed by atoms with Gasteiger partial charge in [0.25, 0.3) is 5.91 Å². The van der Waals surface area contributed by atoms with Crippen molar-refractivity contribution in [2.45, 2.75) is 26.3 Å². The quantitative estimate of drug-likeness (QED) is 0.652. The van der Waals surface area contributed by atoms with Gasteiger partial charge in [0.15, 0.2) is 0 Å². The zero-order valence-corrected chi connectivity index (χ0v) is 14.9. The van der Waals surface area contributed by atoms with Crippen LogP contribution in [0.15, 0.2) is 36.5 Å². The van der Waals surface area contributed by atoms with Gasteiger partial charge in [0.2, 0.25) is 5.82 Å². The van der Waals surface area contributed by atoms with Crippen molar-refractivity contribution in [2.75, 3.05) is 0 Å². The zero-order chi connectivity index (χ0) is 17.9. The minimum atomic E-state index is -0.711. The van der Waals surface area contributed by atoms with Crippen LogP contribution >= 0.6 is 23.2 Å². The first-order valence-electron chi connectivity index (χ1n) is 7.08. The Morgan fingerprint density at radius 2 is 1.88 bits per heavy atom. The van der Waals surface area contributed by atoms with Gasteiger partial charge in [-0.15, -0.1) is 0 Å². The highest BCUT2D eigenvalue weighted by Crippen LogP contribution is 2.16. The molecule has 1 aromatic heterocycles. The molecule has 2 aromatic rings. The minimum Gasteiger partial charge on any atom is -0.267 e. The standard InChI is InChI=1S/C16H16Cl2N4O2/c1-16(2,3)22(15(24)13-19-8-7-12(18)20-13)21-14(23)10-5-4-6-11(17)9-10/h4-9H,1-3H3,(H,21,23). The van der Waals surface area contributed by atoms with Crippen LogP contribution in [0.1, 0.15) is 41.7 Å². The Hall–Kier alpha value is -2.18. The average molecular weight is 367 g/mol. The third-order valence-electron chi connectivity index (χ3n) is 2.99. The van der Waals surface area contributed by atoms with Crippen molar-refractivity contribution in [2.24, 2.45) is 0 Å². The van der Waals surface area contributed by atoms with Crippen molar-refractivity contribution in [3.05, 3.63) is 58.1 Å². The first-order chi connectivity index (χ1) is 11.2. The maximum absolute atomic E-state index is 12.7. The first-order valence-corrected chi connectivity index (χ1v) is 7.84. The lowest BCUT2D eigenvalue weighted by molar-refractivity contribution is 0.0348. The van der Waals surface area contributed by atoms with E-state index in [4.69, 9.17) is 23.2 Å². The number of hydrogen-bond donors (Lipinski definition) is 1. The SMILES string of the molecule is CC(C)(C)N(NC(=O)c1cccc(Cl)c1)C(=O)c1nccc(Cl)n1. The van der Waals surface area contributed by atoms with Gasteiger partial charge < -0.3 is 0 Å². The Bertz CT molecular complexity index is 775. The van der Waals surface area contributed by atoms with Crippen molar-refractivity contribution < 1.29 is 9.59 Å². The third kappa shape index (κ3) is 4.43. The molecule has 2 rings (SSSR count). The maximum Gasteiger partial charge on any atom is 0.310 e. The summed E-state index contributed by atoms with van der Waals surface area (Å²) >= 11 is 11.7. The molecule has 1 heterocycles. The van der Waals surface area contributed by atoms with E-state index in [2.05, 4.69) is 15.4 Å². The summed E-state index contributed by atoms with van der Waals surface area (Å²) in [5.74, 6) is -1.15. The van der Waals surface area contributed by atoms with Gasteiger partial charge in [-0.05, 0) is 45.0 Å². The van der Waals surface area contributed by atoms with Gasteiger partial charge in [0, 0.05) is 16.8 Å². The number of hydrogen-bond acceptors (Lipinski definition) is 4. The first kappa shape index (κ1) is 18.2. The second-order valence-corrected chi connectivity index (χ2v) is 6.79. The monoisotopic (exact) mass is 366 g/mol. The predicted molar refractivity (Wildman–Crippen MR) is 91.9 cm³/mol. The largest absolute Gasteiger partial charge is 0.310 e. The number of benzene rings is 1. The number of aromatic nitrogens is 2. The van der Waals surface area contributed by atoms with Gasteiger partial charge in [-0.25, -0.2) is 15.0 Å². The van der Waals surface area contributed by atoms with Crippen LogP contribution in [0.5, 0.6) is 0 Å². The van der Waals surface area contributed by atoms with Crippen LogP contribution in [0.4, 0.5) is 0 Å². The number of amides is 2. The maximum atomic E-state index is 12.7. The number of carbonyl (C=O) groups is 2. The van der Waals surface area contributed by atoms with Crippen molar-refractivity contribution >= 4 is 35.0 Å². The number of halogens is 2. The van der Waals surface area contributed by atoms with Crippen LogP contribution < -0.4 is 5.43 Å². The van der Waals surface area contributed by atoms with Crippen molar-refractivity contribution in [3.8, 4) is 0 Å². The van der Waals surface area contributed by atoms with E-state index in [1.54, 1.807) is 39.0 Å². The molecule has 0 aliphatic heterocycles. The van der Waals surface area contributed by atoms with Crippen molar-refractivity contribution in [1.29, 1.82) is 0 Å². The van der Waals surface area contributed by atoms with Gasteiger partial charge in [-0.1, -0.05) is 29.3 Å². The summed E-state index contributed by atoms with van der Waals surface area (Å²) < 4.78 is 0. The fourth-order valence-electron chi connectivity index (χ4n) is 1.86. The van der Waals surface area contributed by atoms with Crippen LogP contribution in [-0.4, -0.2) is 32.3 Å². The second kappa shape index (κ2) is 7.15. The van der Waals surface area contributed by atoms with Gasteiger partial charge in [0.1, 0.15) is 5.15 Å². The fourth-order valence-corrected chi connectivity index (χ4v) is 2.19. The predicted octanol–water partition coefficient (Wildman–Crippen LogP) is 3.37. The molecule has 0 spiro atoms. The molecule has 1 aromatic carbocycles. The molecule has 2 amide bonds. The van der Waals surface area contributed by atoms with Crippen LogP contribution in [0.25, 0.3) is 0 Å². The summed E-state index contributed by atoms with van der Waals surface area (Å²) in [4.78, 5) is 32.9. The van der Waals surface area contributed by atoms with Gasteiger partial charge >= 0.3 is 5.91 Å². The molecule has 8 heteroatoms. The molecule has 0 unspecified atom stereocenters. The Morgan fingerprint density at radius 1 is 1.17 bits per heavy atom. The molecule has 0 aliphatic carbocycles. The highest BCUT2D eigenvalue weighted by atomic mass is 35.5. The number of carbonyl (C=O) groups excluding carboxylic acids is 2.